The molecule has 1 amide bonds. The Morgan fingerprint density at radius 2 is 2.06 bits per heavy atom. The van der Waals surface area contributed by atoms with E-state index in [4.69, 9.17) is 5.73 Å². The number of halogens is 1. The number of rotatable bonds is 8. The number of hydrogen-bond acceptors (Lipinski definition) is 4. The van der Waals surface area contributed by atoms with Gasteiger partial charge < -0.3 is 16.4 Å². The maximum atomic E-state index is 11.5. The van der Waals surface area contributed by atoms with Crippen molar-refractivity contribution in [3.8, 4) is 0 Å². The number of nitrogens with zero attached hydrogens (tertiary/aromatic N) is 2. The molecule has 1 heterocycles. The van der Waals surface area contributed by atoms with Crippen LogP contribution in [-0.2, 0) is 17.9 Å². The molecule has 8 heteroatoms. The molecule has 1 aliphatic carbocycles. The van der Waals surface area contributed by atoms with Crippen LogP contribution >= 0.6 is 35.7 Å². The van der Waals surface area contributed by atoms with Gasteiger partial charge in [-0.1, -0.05) is 37.6 Å². The highest BCUT2D eigenvalue weighted by Crippen LogP contribution is 2.28. The van der Waals surface area contributed by atoms with E-state index in [1.54, 1.807) is 0 Å². The molecule has 3 unspecified atom stereocenters. The summed E-state index contributed by atoms with van der Waals surface area (Å²) < 4.78 is 0. The van der Waals surface area contributed by atoms with E-state index in [-0.39, 0.29) is 35.8 Å². The average Bonchev–Trinajstić information content (AvgIpc) is 2.77. The second-order valence-corrected chi connectivity index (χ2v) is 10.4. The highest BCUT2D eigenvalue weighted by atomic mass is 127. The minimum Gasteiger partial charge on any atom is -0.369 e. The summed E-state index contributed by atoms with van der Waals surface area (Å²) in [6.45, 7) is 5.66. The normalized spacial score (nSPS) is 24.4. The Morgan fingerprint density at radius 1 is 1.25 bits per heavy atom. The number of nitrogens with one attached hydrogen (secondary N) is 2. The van der Waals surface area contributed by atoms with E-state index in [9.17, 15) is 4.79 Å². The molecule has 2 fully saturated rings. The fraction of sp³-hybridized carbons (Fsp3) is 0.667. The molecule has 2 aliphatic rings. The van der Waals surface area contributed by atoms with Gasteiger partial charge in [-0.25, -0.2) is 0 Å². The fourth-order valence-electron chi connectivity index (χ4n) is 4.76. The van der Waals surface area contributed by atoms with E-state index in [1.165, 1.54) is 42.6 Å². The number of primary amides is 1. The molecule has 1 saturated heterocycles. The van der Waals surface area contributed by atoms with Crippen LogP contribution in [0.5, 0.6) is 0 Å². The van der Waals surface area contributed by atoms with Crippen molar-refractivity contribution in [2.45, 2.75) is 69.8 Å². The molecule has 1 aromatic rings. The second-order valence-electron chi connectivity index (χ2n) is 8.81. The Balaban J connectivity index is 0.00000363. The van der Waals surface area contributed by atoms with Crippen molar-refractivity contribution in [3.63, 3.8) is 0 Å². The van der Waals surface area contributed by atoms with E-state index in [0.717, 1.165) is 50.2 Å². The first-order chi connectivity index (χ1) is 15.1. The van der Waals surface area contributed by atoms with Crippen LogP contribution in [0.4, 0.5) is 0 Å². The fourth-order valence-corrected chi connectivity index (χ4v) is 5.94. The summed E-state index contributed by atoms with van der Waals surface area (Å²) in [4.78, 5) is 18.3. The largest absolute Gasteiger partial charge is 0.369 e. The Kier molecular flexibility index (Phi) is 12.2. The van der Waals surface area contributed by atoms with Crippen LogP contribution in [-0.4, -0.2) is 53.9 Å². The molecule has 32 heavy (non-hydrogen) atoms. The van der Waals surface area contributed by atoms with Crippen LogP contribution in [0.25, 0.3) is 0 Å². The zero-order chi connectivity index (χ0) is 22.1. The number of likely N-dealkylation sites (tertiary alicyclic amines) is 1. The summed E-state index contributed by atoms with van der Waals surface area (Å²) in [5.74, 6) is 1.90. The summed E-state index contributed by atoms with van der Waals surface area (Å²) in [6.07, 6.45) is 7.03. The van der Waals surface area contributed by atoms with Crippen LogP contribution in [0.1, 0.15) is 56.6 Å². The minimum absolute atomic E-state index is 0. The summed E-state index contributed by atoms with van der Waals surface area (Å²) in [5, 5.41) is 7.90. The molecular weight excluding hydrogens is 533 g/mol. The quantitative estimate of drug-likeness (QED) is 0.251. The van der Waals surface area contributed by atoms with Crippen LogP contribution in [0, 0.1) is 5.92 Å². The van der Waals surface area contributed by atoms with Gasteiger partial charge in [-0.15, -0.1) is 24.0 Å². The summed E-state index contributed by atoms with van der Waals surface area (Å²) in [6, 6.07) is 9.19. The zero-order valence-electron chi connectivity index (χ0n) is 19.5. The molecule has 3 rings (SSSR count). The van der Waals surface area contributed by atoms with Crippen molar-refractivity contribution in [2.24, 2.45) is 16.6 Å². The third kappa shape index (κ3) is 8.74. The van der Waals surface area contributed by atoms with Crippen molar-refractivity contribution in [1.29, 1.82) is 0 Å². The van der Waals surface area contributed by atoms with Gasteiger partial charge in [0.05, 0.1) is 5.92 Å². The first kappa shape index (κ1) is 27.2. The van der Waals surface area contributed by atoms with Gasteiger partial charge in [0.1, 0.15) is 0 Å². The number of amides is 1. The molecule has 180 valence electrons. The lowest BCUT2D eigenvalue weighted by atomic mass is 9.95. The van der Waals surface area contributed by atoms with Gasteiger partial charge in [0.2, 0.25) is 5.91 Å². The van der Waals surface area contributed by atoms with Crippen LogP contribution in [0.2, 0.25) is 0 Å². The predicted octanol–water partition coefficient (Wildman–Crippen LogP) is 3.73. The maximum Gasteiger partial charge on any atom is 0.221 e. The zero-order valence-corrected chi connectivity index (χ0v) is 22.7. The number of thioether (sulfide) groups is 1. The molecule has 1 aliphatic heterocycles. The van der Waals surface area contributed by atoms with Gasteiger partial charge in [-0.2, -0.15) is 11.8 Å². The monoisotopic (exact) mass is 573 g/mol. The van der Waals surface area contributed by atoms with E-state index < -0.39 is 0 Å². The molecule has 0 aromatic heterocycles. The van der Waals surface area contributed by atoms with E-state index in [1.807, 2.05) is 7.05 Å². The average molecular weight is 574 g/mol. The number of aliphatic imine (C=N–C) groups is 1. The topological polar surface area (TPSA) is 82.8 Å². The standard InChI is InChI=1S/C24H39N5OS.HI/c1-3-31-22-11-5-10-21(14-22)28-24(26-2)27-15-18-7-4-8-19(13-18)16-29-12-6-9-20(17-29)23(25)30;/h4,7-8,13,20-22H,3,5-6,9-12,14-17H2,1-2H3,(H2,25,30)(H2,26,27,28);1H. The second kappa shape index (κ2) is 14.3. The van der Waals surface area contributed by atoms with Crippen LogP contribution < -0.4 is 16.4 Å². The number of piperidine rings is 1. The number of carbonyl (C=O) groups excluding carboxylic acids is 1. The summed E-state index contributed by atoms with van der Waals surface area (Å²) >= 11 is 2.09. The van der Waals surface area contributed by atoms with Crippen molar-refractivity contribution in [2.75, 3.05) is 25.9 Å². The number of nitrogens with two attached hydrogens (primary N) is 1. The molecule has 3 atom stereocenters. The summed E-state index contributed by atoms with van der Waals surface area (Å²) in [7, 11) is 1.85. The summed E-state index contributed by atoms with van der Waals surface area (Å²) in [5.41, 5.74) is 8.04. The van der Waals surface area contributed by atoms with Gasteiger partial charge in [-0.3, -0.25) is 14.7 Å². The van der Waals surface area contributed by atoms with E-state index in [0.29, 0.717) is 6.04 Å². The van der Waals surface area contributed by atoms with Crippen molar-refractivity contribution in [1.82, 2.24) is 15.5 Å². The lowest BCUT2D eigenvalue weighted by Gasteiger charge is -2.31. The van der Waals surface area contributed by atoms with Crippen molar-refractivity contribution < 1.29 is 4.79 Å². The molecule has 1 saturated carbocycles. The Labute approximate surface area is 215 Å². The van der Waals surface area contributed by atoms with Gasteiger partial charge in [0.15, 0.2) is 5.96 Å². The van der Waals surface area contributed by atoms with Crippen molar-refractivity contribution in [3.05, 3.63) is 35.4 Å². The molecule has 4 N–H and O–H groups in total. The van der Waals surface area contributed by atoms with E-state index in [2.05, 4.69) is 63.5 Å². The molecule has 0 radical (unpaired) electrons. The molecule has 1 aromatic carbocycles. The minimum atomic E-state index is -0.167. The third-order valence-electron chi connectivity index (χ3n) is 6.36. The Morgan fingerprint density at radius 3 is 2.81 bits per heavy atom. The Bertz CT molecular complexity index is 745. The van der Waals surface area contributed by atoms with Gasteiger partial charge in [-0.05, 0) is 55.5 Å². The van der Waals surface area contributed by atoms with Crippen LogP contribution in [0.15, 0.2) is 29.3 Å². The van der Waals surface area contributed by atoms with Gasteiger partial charge in [0, 0.05) is 38.0 Å². The smallest absolute Gasteiger partial charge is 0.221 e. The first-order valence-electron chi connectivity index (χ1n) is 11.8. The first-order valence-corrected chi connectivity index (χ1v) is 12.8. The highest BCUT2D eigenvalue weighted by molar-refractivity contribution is 14.0. The van der Waals surface area contributed by atoms with E-state index >= 15 is 0 Å². The highest BCUT2D eigenvalue weighted by Gasteiger charge is 2.24. The van der Waals surface area contributed by atoms with Gasteiger partial charge in [0.25, 0.3) is 0 Å². The third-order valence-corrected chi connectivity index (χ3v) is 7.59. The lowest BCUT2D eigenvalue weighted by molar-refractivity contribution is -0.123. The van der Waals surface area contributed by atoms with Gasteiger partial charge >= 0.3 is 0 Å². The SMILES string of the molecule is CCSC1CCCC(NC(=NC)NCc2cccc(CN3CCCC(C(N)=O)C3)c2)C1.I. The lowest BCUT2D eigenvalue weighted by Crippen LogP contribution is -2.45. The van der Waals surface area contributed by atoms with Crippen LogP contribution in [0.3, 0.4) is 0 Å². The van der Waals surface area contributed by atoms with Crippen molar-refractivity contribution >= 4 is 47.6 Å². The number of benzene rings is 1. The Hall–Kier alpha value is -1.00. The molecule has 0 bridgehead atoms. The molecule has 0 spiro atoms. The molecule has 6 nitrogen and oxygen atoms in total. The predicted molar refractivity (Wildman–Crippen MR) is 147 cm³/mol. The number of guanidine groups is 1. The number of carbonyl (C=O) groups is 1. The molecular formula is C24H40IN5OS. The maximum absolute atomic E-state index is 11.5. The number of hydrogen-bond donors (Lipinski definition) is 3.